The van der Waals surface area contributed by atoms with Crippen LogP contribution >= 0.6 is 15.9 Å². The summed E-state index contributed by atoms with van der Waals surface area (Å²) in [5.74, 6) is -0.0284. The number of nitrogens with zero attached hydrogens (tertiary/aromatic N) is 1. The van der Waals surface area contributed by atoms with Crippen LogP contribution in [0.2, 0.25) is 0 Å². The van der Waals surface area contributed by atoms with Gasteiger partial charge in [0.05, 0.1) is 17.5 Å². The van der Waals surface area contributed by atoms with Crippen LogP contribution < -0.4 is 4.90 Å². The second-order valence-electron chi connectivity index (χ2n) is 7.46. The van der Waals surface area contributed by atoms with E-state index in [-0.39, 0.29) is 23.7 Å². The first-order valence-corrected chi connectivity index (χ1v) is 9.96. The Morgan fingerprint density at radius 3 is 2.31 bits per heavy atom. The Bertz CT molecular complexity index is 877. The molecule has 2 aliphatic rings. The van der Waals surface area contributed by atoms with Gasteiger partial charge in [0, 0.05) is 4.47 Å². The average Bonchev–Trinajstić information content (AvgIpc) is 2.91. The summed E-state index contributed by atoms with van der Waals surface area (Å²) in [7, 11) is 0. The van der Waals surface area contributed by atoms with E-state index in [1.165, 1.54) is 10.5 Å². The molecule has 4 rings (SSSR count). The molecule has 1 aliphatic heterocycles. The van der Waals surface area contributed by atoms with Gasteiger partial charge in [-0.2, -0.15) is 0 Å². The molecule has 1 saturated heterocycles. The number of imide groups is 1. The highest BCUT2D eigenvalue weighted by Crippen LogP contribution is 2.46. The fourth-order valence-corrected chi connectivity index (χ4v) is 4.89. The lowest BCUT2D eigenvalue weighted by atomic mass is 9.73. The predicted octanol–water partition coefficient (Wildman–Crippen LogP) is 5.14. The number of halogens is 1. The van der Waals surface area contributed by atoms with Gasteiger partial charge in [0.15, 0.2) is 0 Å². The second kappa shape index (κ2) is 6.66. The van der Waals surface area contributed by atoms with Crippen LogP contribution in [0, 0.1) is 25.7 Å². The van der Waals surface area contributed by atoms with Crippen molar-refractivity contribution in [3.63, 3.8) is 0 Å². The number of rotatable bonds is 2. The third-order valence-electron chi connectivity index (χ3n) is 6.13. The van der Waals surface area contributed by atoms with Crippen molar-refractivity contribution < 1.29 is 9.59 Å². The smallest absolute Gasteiger partial charge is 0.237 e. The van der Waals surface area contributed by atoms with Crippen LogP contribution in [0.15, 0.2) is 46.9 Å². The molecule has 0 spiro atoms. The Balaban J connectivity index is 1.65. The van der Waals surface area contributed by atoms with Crippen molar-refractivity contribution in [3.8, 4) is 0 Å². The quantitative estimate of drug-likeness (QED) is 0.641. The molecule has 134 valence electrons. The Labute approximate surface area is 162 Å². The van der Waals surface area contributed by atoms with E-state index in [2.05, 4.69) is 28.1 Å². The van der Waals surface area contributed by atoms with Crippen LogP contribution in [0.5, 0.6) is 0 Å². The largest absolute Gasteiger partial charge is 0.274 e. The summed E-state index contributed by atoms with van der Waals surface area (Å²) in [6.45, 7) is 3.98. The highest BCUT2D eigenvalue weighted by Gasteiger charge is 2.51. The lowest BCUT2D eigenvalue weighted by Gasteiger charge is -2.28. The molecule has 0 radical (unpaired) electrons. The second-order valence-corrected chi connectivity index (χ2v) is 8.32. The van der Waals surface area contributed by atoms with Crippen molar-refractivity contribution in [3.05, 3.63) is 63.6 Å². The van der Waals surface area contributed by atoms with Gasteiger partial charge in [-0.3, -0.25) is 9.59 Å². The number of fused-ring (bicyclic) bond motifs is 1. The lowest BCUT2D eigenvalue weighted by Crippen LogP contribution is -2.31. The third kappa shape index (κ3) is 2.71. The number of carbonyl (C=O) groups is 2. The summed E-state index contributed by atoms with van der Waals surface area (Å²) in [6.07, 6.45) is 2.53. The minimum atomic E-state index is -0.190. The van der Waals surface area contributed by atoms with E-state index < -0.39 is 0 Å². The van der Waals surface area contributed by atoms with Crippen molar-refractivity contribution in [2.24, 2.45) is 11.8 Å². The summed E-state index contributed by atoms with van der Waals surface area (Å²) in [5.41, 5.74) is 4.08. The molecular formula is C22H22BrNO2. The molecular weight excluding hydrogens is 390 g/mol. The fourth-order valence-electron chi connectivity index (χ4n) is 4.46. The summed E-state index contributed by atoms with van der Waals surface area (Å²) < 4.78 is 0.999. The molecule has 26 heavy (non-hydrogen) atoms. The van der Waals surface area contributed by atoms with Crippen LogP contribution in [0.1, 0.15) is 41.9 Å². The summed E-state index contributed by atoms with van der Waals surface area (Å²) >= 11 is 3.53. The first kappa shape index (κ1) is 17.5. The van der Waals surface area contributed by atoms with Crippen LogP contribution in [0.3, 0.4) is 0 Å². The number of anilines is 1. The molecule has 1 heterocycles. The van der Waals surface area contributed by atoms with Crippen LogP contribution in [0.25, 0.3) is 0 Å². The van der Waals surface area contributed by atoms with E-state index in [1.807, 2.05) is 44.2 Å². The molecule has 2 fully saturated rings. The van der Waals surface area contributed by atoms with E-state index in [9.17, 15) is 9.59 Å². The third-order valence-corrected chi connectivity index (χ3v) is 6.99. The van der Waals surface area contributed by atoms with Gasteiger partial charge in [0.1, 0.15) is 0 Å². The monoisotopic (exact) mass is 411 g/mol. The Morgan fingerprint density at radius 1 is 0.885 bits per heavy atom. The van der Waals surface area contributed by atoms with E-state index in [0.717, 1.165) is 40.5 Å². The zero-order valence-electron chi connectivity index (χ0n) is 15.0. The predicted molar refractivity (Wildman–Crippen MR) is 106 cm³/mol. The first-order valence-electron chi connectivity index (χ1n) is 9.17. The van der Waals surface area contributed by atoms with Crippen molar-refractivity contribution >= 4 is 33.4 Å². The maximum Gasteiger partial charge on any atom is 0.237 e. The molecule has 1 saturated carbocycles. The minimum Gasteiger partial charge on any atom is -0.274 e. The molecule has 2 aromatic carbocycles. The molecule has 0 bridgehead atoms. The minimum absolute atomic E-state index is 0.0173. The van der Waals surface area contributed by atoms with Crippen LogP contribution in [-0.4, -0.2) is 11.8 Å². The van der Waals surface area contributed by atoms with Crippen molar-refractivity contribution in [1.82, 2.24) is 0 Å². The number of carbonyl (C=O) groups excluding carboxylic acids is 2. The summed E-state index contributed by atoms with van der Waals surface area (Å²) in [5, 5.41) is 0. The number of hydrogen-bond acceptors (Lipinski definition) is 2. The molecule has 2 aromatic rings. The topological polar surface area (TPSA) is 37.4 Å². The van der Waals surface area contributed by atoms with Crippen molar-refractivity contribution in [2.75, 3.05) is 4.90 Å². The van der Waals surface area contributed by atoms with E-state index in [1.54, 1.807) is 0 Å². The van der Waals surface area contributed by atoms with E-state index >= 15 is 0 Å². The van der Waals surface area contributed by atoms with Gasteiger partial charge in [0.2, 0.25) is 11.8 Å². The highest BCUT2D eigenvalue weighted by atomic mass is 79.9. The average molecular weight is 412 g/mol. The van der Waals surface area contributed by atoms with Gasteiger partial charge < -0.3 is 0 Å². The van der Waals surface area contributed by atoms with Gasteiger partial charge in [-0.1, -0.05) is 46.3 Å². The molecule has 0 N–H and O–H groups in total. The van der Waals surface area contributed by atoms with Gasteiger partial charge >= 0.3 is 0 Å². The maximum absolute atomic E-state index is 13.2. The van der Waals surface area contributed by atoms with Gasteiger partial charge in [0.25, 0.3) is 0 Å². The first-order chi connectivity index (χ1) is 12.5. The Hall–Kier alpha value is -1.94. The molecule has 3 nitrogen and oxygen atoms in total. The van der Waals surface area contributed by atoms with Gasteiger partial charge in [-0.15, -0.1) is 0 Å². The molecule has 3 atom stereocenters. The summed E-state index contributed by atoms with van der Waals surface area (Å²) in [4.78, 5) is 27.7. The van der Waals surface area contributed by atoms with Gasteiger partial charge in [-0.25, -0.2) is 4.90 Å². The normalized spacial score (nSPS) is 25.5. The maximum atomic E-state index is 13.2. The zero-order valence-corrected chi connectivity index (χ0v) is 16.6. The molecule has 4 heteroatoms. The molecule has 0 unspecified atom stereocenters. The fraction of sp³-hybridized carbons (Fsp3) is 0.364. The van der Waals surface area contributed by atoms with Crippen molar-refractivity contribution in [1.29, 1.82) is 0 Å². The van der Waals surface area contributed by atoms with Crippen molar-refractivity contribution in [2.45, 2.75) is 39.0 Å². The lowest BCUT2D eigenvalue weighted by molar-refractivity contribution is -0.122. The van der Waals surface area contributed by atoms with E-state index in [4.69, 9.17) is 0 Å². The highest BCUT2D eigenvalue weighted by molar-refractivity contribution is 9.10. The van der Waals surface area contributed by atoms with Crippen LogP contribution in [-0.2, 0) is 9.59 Å². The zero-order chi connectivity index (χ0) is 18.4. The van der Waals surface area contributed by atoms with Gasteiger partial charge in [-0.05, 0) is 67.9 Å². The Kier molecular flexibility index (Phi) is 4.47. The SMILES string of the molecule is Cc1c(Br)ccc(N2C(=O)[C@H]3C[C@H](c4ccccc4)CC[C@H]3C2=O)c1C. The Morgan fingerprint density at radius 2 is 1.58 bits per heavy atom. The standard InChI is InChI=1S/C22H22BrNO2/c1-13-14(2)20(11-10-19(13)23)24-21(25)17-9-8-16(12-18(17)22(24)26)15-6-4-3-5-7-15/h3-7,10-11,16-18H,8-9,12H2,1-2H3/t16-,17-,18+/m1/s1. The van der Waals surface area contributed by atoms with E-state index in [0.29, 0.717) is 5.92 Å². The number of amides is 2. The molecule has 1 aliphatic carbocycles. The number of benzene rings is 2. The summed E-state index contributed by atoms with van der Waals surface area (Å²) in [6, 6.07) is 14.2. The molecule has 0 aromatic heterocycles. The molecule has 2 amide bonds. The van der Waals surface area contributed by atoms with Crippen LogP contribution in [0.4, 0.5) is 5.69 Å². The number of hydrogen-bond donors (Lipinski definition) is 0.